The summed E-state index contributed by atoms with van der Waals surface area (Å²) in [5, 5.41) is 0. The summed E-state index contributed by atoms with van der Waals surface area (Å²) in [7, 11) is 0. The van der Waals surface area contributed by atoms with E-state index in [9.17, 15) is 0 Å². The summed E-state index contributed by atoms with van der Waals surface area (Å²) in [6, 6.07) is 0. The molecule has 0 aromatic carbocycles. The second kappa shape index (κ2) is 374. The maximum Gasteiger partial charge on any atom is 2.00 e. The largest absolute Gasteiger partial charge is 2.00 e. The SMILES string of the molecule is [C-]#[O+].[CH3-].[CH3-].[Ru+2]. The molecule has 0 aliphatic carbocycles. The second-order valence-corrected chi connectivity index (χ2v) is 0. The van der Waals surface area contributed by atoms with Gasteiger partial charge in [0.25, 0.3) is 0 Å². The van der Waals surface area contributed by atoms with Gasteiger partial charge < -0.3 is 14.9 Å². The van der Waals surface area contributed by atoms with E-state index < -0.39 is 0 Å². The molecule has 0 spiro atoms. The van der Waals surface area contributed by atoms with Crippen molar-refractivity contribution in [1.29, 1.82) is 0 Å². The van der Waals surface area contributed by atoms with Gasteiger partial charge in [0.1, 0.15) is 0 Å². The van der Waals surface area contributed by atoms with Crippen molar-refractivity contribution in [3.05, 3.63) is 21.5 Å². The van der Waals surface area contributed by atoms with Crippen molar-refractivity contribution >= 4 is 0 Å². The topological polar surface area (TPSA) is 19.9 Å². The van der Waals surface area contributed by atoms with E-state index in [4.69, 9.17) is 4.65 Å². The Bertz CT molecular complexity index is 11.6. The number of hydrogen-bond donors (Lipinski definition) is 0. The van der Waals surface area contributed by atoms with Crippen LogP contribution in [0.15, 0.2) is 0 Å². The minimum absolute atomic E-state index is 0. The minimum atomic E-state index is 0. The van der Waals surface area contributed by atoms with Crippen LogP contribution in [0.1, 0.15) is 0 Å². The van der Waals surface area contributed by atoms with Crippen LogP contribution in [0.5, 0.6) is 0 Å². The Labute approximate surface area is 46.2 Å². The smallest absolute Gasteiger partial charge is 0.358 e. The van der Waals surface area contributed by atoms with Crippen LogP contribution < -0.4 is 0 Å². The molecule has 0 N–H and O–H groups in total. The molecule has 0 saturated carbocycles. The van der Waals surface area contributed by atoms with Gasteiger partial charge in [-0.15, -0.1) is 0 Å². The maximum absolute atomic E-state index is 7.50. The molecular formula is C3H6ORu. The van der Waals surface area contributed by atoms with Crippen LogP contribution in [-0.2, 0) is 24.1 Å². The van der Waals surface area contributed by atoms with E-state index in [1.807, 2.05) is 0 Å². The molecule has 32 valence electrons. The van der Waals surface area contributed by atoms with Crippen LogP contribution >= 0.6 is 0 Å². The normalized spacial score (nSPS) is 0.400. The van der Waals surface area contributed by atoms with Gasteiger partial charge >= 0.3 is 30.8 Å². The van der Waals surface area contributed by atoms with Crippen molar-refractivity contribution in [2.24, 2.45) is 0 Å². The average molecular weight is 159 g/mol. The van der Waals surface area contributed by atoms with Gasteiger partial charge in [0, 0.05) is 0 Å². The first kappa shape index (κ1) is 54.9. The standard InChI is InChI=1S/CO.2CH3.Ru/c1-2;;;/h;2*1H3;/q;2*-1;+2. The molecule has 0 bridgehead atoms. The van der Waals surface area contributed by atoms with E-state index in [2.05, 4.69) is 6.65 Å². The van der Waals surface area contributed by atoms with E-state index >= 15 is 0 Å². The molecule has 0 fully saturated rings. The predicted molar refractivity (Wildman–Crippen MR) is 16.8 cm³/mol. The molecular weight excluding hydrogens is 153 g/mol. The summed E-state index contributed by atoms with van der Waals surface area (Å²) in [4.78, 5) is 0. The molecule has 0 aromatic rings. The van der Waals surface area contributed by atoms with E-state index in [1.165, 1.54) is 0 Å². The maximum atomic E-state index is 7.50. The molecule has 0 atom stereocenters. The molecule has 0 saturated heterocycles. The van der Waals surface area contributed by atoms with Gasteiger partial charge in [0.05, 0.1) is 0 Å². The zero-order valence-corrected chi connectivity index (χ0v) is 5.00. The molecule has 0 aliphatic heterocycles. The first-order valence-electron chi connectivity index (χ1n) is 0.204. The molecule has 0 rings (SSSR count). The third kappa shape index (κ3) is 185. The van der Waals surface area contributed by atoms with Crippen LogP contribution in [0.3, 0.4) is 0 Å². The molecule has 0 unspecified atom stereocenters. The van der Waals surface area contributed by atoms with Crippen molar-refractivity contribution in [3.63, 3.8) is 0 Å². The summed E-state index contributed by atoms with van der Waals surface area (Å²) in [5.74, 6) is 0. The average Bonchev–Trinajstić information content (AvgIpc) is 1.00. The number of hydrogen-bond acceptors (Lipinski definition) is 0. The fraction of sp³-hybridized carbons (Fsp3) is 0. The van der Waals surface area contributed by atoms with Crippen LogP contribution in [0.2, 0.25) is 0 Å². The molecule has 0 aliphatic rings. The third-order valence-electron chi connectivity index (χ3n) is 0. The zero-order valence-electron chi connectivity index (χ0n) is 3.26. The molecule has 2 heteroatoms. The van der Waals surface area contributed by atoms with E-state index in [0.717, 1.165) is 0 Å². The number of rotatable bonds is 0. The molecule has 0 radical (unpaired) electrons. The fourth-order valence-electron chi connectivity index (χ4n) is 0. The van der Waals surface area contributed by atoms with Gasteiger partial charge in [0.2, 0.25) is 0 Å². The Morgan fingerprint density at radius 1 is 1.00 bits per heavy atom. The second-order valence-electron chi connectivity index (χ2n) is 0. The van der Waals surface area contributed by atoms with E-state index in [-0.39, 0.29) is 34.3 Å². The van der Waals surface area contributed by atoms with Crippen molar-refractivity contribution < 1.29 is 24.1 Å². The van der Waals surface area contributed by atoms with Crippen molar-refractivity contribution in [3.8, 4) is 0 Å². The molecule has 0 aromatic heterocycles. The Kier molecular flexibility index (Phi) is 4110. The molecule has 0 amide bonds. The van der Waals surface area contributed by atoms with Crippen LogP contribution in [0.4, 0.5) is 0 Å². The van der Waals surface area contributed by atoms with Gasteiger partial charge in [-0.1, -0.05) is 0 Å². The van der Waals surface area contributed by atoms with Gasteiger partial charge in [-0.2, -0.15) is 0 Å². The first-order valence-corrected chi connectivity index (χ1v) is 0.204. The van der Waals surface area contributed by atoms with E-state index in [1.54, 1.807) is 0 Å². The van der Waals surface area contributed by atoms with Gasteiger partial charge in [-0.05, 0) is 0 Å². The third-order valence-corrected chi connectivity index (χ3v) is 0. The first-order chi connectivity index (χ1) is 1.00. The quantitative estimate of drug-likeness (QED) is 0.284. The Balaban J connectivity index is -0.00000000167. The summed E-state index contributed by atoms with van der Waals surface area (Å²) >= 11 is 0. The molecule has 0 heterocycles. The summed E-state index contributed by atoms with van der Waals surface area (Å²) in [5.41, 5.74) is 0. The van der Waals surface area contributed by atoms with Crippen LogP contribution in [0.25, 0.3) is 0 Å². The zero-order chi connectivity index (χ0) is 2.00. The fourth-order valence-corrected chi connectivity index (χ4v) is 0. The van der Waals surface area contributed by atoms with Crippen LogP contribution in [-0.4, -0.2) is 0 Å². The Morgan fingerprint density at radius 2 is 1.00 bits per heavy atom. The van der Waals surface area contributed by atoms with E-state index in [0.29, 0.717) is 0 Å². The molecule has 5 heavy (non-hydrogen) atoms. The van der Waals surface area contributed by atoms with Crippen molar-refractivity contribution in [2.75, 3.05) is 0 Å². The summed E-state index contributed by atoms with van der Waals surface area (Å²) < 4.78 is 7.50. The van der Waals surface area contributed by atoms with Crippen molar-refractivity contribution in [1.82, 2.24) is 0 Å². The minimum Gasteiger partial charge on any atom is -0.358 e. The monoisotopic (exact) mass is 160 g/mol. The van der Waals surface area contributed by atoms with Crippen LogP contribution in [0, 0.1) is 21.5 Å². The van der Waals surface area contributed by atoms with Gasteiger partial charge in [-0.25, -0.2) is 0 Å². The molecule has 1 nitrogen and oxygen atoms in total. The summed E-state index contributed by atoms with van der Waals surface area (Å²) in [6.07, 6.45) is 0. The van der Waals surface area contributed by atoms with Gasteiger partial charge in [-0.3, -0.25) is 0 Å². The summed E-state index contributed by atoms with van der Waals surface area (Å²) in [6.45, 7) is 4.50. The Morgan fingerprint density at radius 3 is 1.00 bits per heavy atom. The van der Waals surface area contributed by atoms with Gasteiger partial charge in [0.15, 0.2) is 0 Å². The predicted octanol–water partition coefficient (Wildman–Crippen LogP) is 0.861. The Hall–Kier alpha value is 0.363. The van der Waals surface area contributed by atoms with Crippen molar-refractivity contribution in [2.45, 2.75) is 0 Å².